The minimum Gasteiger partial charge on any atom is -0.507 e. The Kier molecular flexibility index (Phi) is 1.86. The molecule has 0 radical (unpaired) electrons. The van der Waals surface area contributed by atoms with E-state index in [9.17, 15) is 9.18 Å². The summed E-state index contributed by atoms with van der Waals surface area (Å²) in [6, 6.07) is 1.53. The fourth-order valence-electron chi connectivity index (χ4n) is 0.846. The Morgan fingerprint density at radius 3 is 2.50 bits per heavy atom. The number of aromatic carboxylic acids is 1. The van der Waals surface area contributed by atoms with Gasteiger partial charge in [0.15, 0.2) is 0 Å². The van der Waals surface area contributed by atoms with Crippen molar-refractivity contribution < 1.29 is 19.4 Å². The van der Waals surface area contributed by atoms with Gasteiger partial charge < -0.3 is 15.9 Å². The highest BCUT2D eigenvalue weighted by molar-refractivity contribution is 5.96. The largest absolute Gasteiger partial charge is 0.507 e. The molecule has 0 saturated heterocycles. The van der Waals surface area contributed by atoms with Crippen LogP contribution in [0.15, 0.2) is 12.1 Å². The van der Waals surface area contributed by atoms with Crippen LogP contribution in [0.2, 0.25) is 0 Å². The maximum absolute atomic E-state index is 12.4. The third kappa shape index (κ3) is 1.29. The fraction of sp³-hybridized carbons (Fsp3) is 0. The standard InChI is InChI=1S/C7H6FNO3/c8-3-1-4(9)6(7(11)12)5(10)2-3/h1-2,10H,9H2,(H,11,12). The summed E-state index contributed by atoms with van der Waals surface area (Å²) < 4.78 is 12.4. The van der Waals surface area contributed by atoms with Crippen LogP contribution in [0.3, 0.4) is 0 Å². The van der Waals surface area contributed by atoms with Crippen molar-refractivity contribution >= 4 is 11.7 Å². The van der Waals surface area contributed by atoms with Crippen LogP contribution in [-0.2, 0) is 0 Å². The molecule has 0 aromatic heterocycles. The molecule has 0 fully saturated rings. The molecule has 0 saturated carbocycles. The van der Waals surface area contributed by atoms with E-state index in [1.807, 2.05) is 0 Å². The summed E-state index contributed by atoms with van der Waals surface area (Å²) in [5, 5.41) is 17.4. The van der Waals surface area contributed by atoms with Crippen LogP contribution < -0.4 is 5.73 Å². The number of carboxylic acids is 1. The van der Waals surface area contributed by atoms with Crippen LogP contribution in [0.1, 0.15) is 10.4 Å². The van der Waals surface area contributed by atoms with Gasteiger partial charge in [-0.1, -0.05) is 0 Å². The zero-order valence-electron chi connectivity index (χ0n) is 5.91. The predicted octanol–water partition coefficient (Wildman–Crippen LogP) is 0.812. The van der Waals surface area contributed by atoms with Crippen LogP contribution in [0.25, 0.3) is 0 Å². The van der Waals surface area contributed by atoms with E-state index in [-0.39, 0.29) is 5.69 Å². The molecule has 5 heteroatoms. The summed E-state index contributed by atoms with van der Waals surface area (Å²) in [5.74, 6) is -2.82. The highest BCUT2D eigenvalue weighted by Gasteiger charge is 2.14. The average molecular weight is 171 g/mol. The van der Waals surface area contributed by atoms with E-state index in [2.05, 4.69) is 0 Å². The first kappa shape index (κ1) is 8.32. The van der Waals surface area contributed by atoms with Crippen LogP contribution in [0, 0.1) is 5.82 Å². The Morgan fingerprint density at radius 1 is 1.50 bits per heavy atom. The molecule has 0 aliphatic rings. The SMILES string of the molecule is Nc1cc(F)cc(O)c1C(=O)O. The molecule has 0 heterocycles. The second-order valence-electron chi connectivity index (χ2n) is 2.19. The lowest BCUT2D eigenvalue weighted by atomic mass is 10.1. The van der Waals surface area contributed by atoms with Gasteiger partial charge >= 0.3 is 5.97 Å². The van der Waals surface area contributed by atoms with E-state index >= 15 is 0 Å². The summed E-state index contributed by atoms with van der Waals surface area (Å²) in [6.07, 6.45) is 0. The first-order chi connectivity index (χ1) is 5.52. The lowest BCUT2D eigenvalue weighted by molar-refractivity contribution is 0.0695. The van der Waals surface area contributed by atoms with Crippen LogP contribution in [0.5, 0.6) is 5.75 Å². The molecule has 0 spiro atoms. The summed E-state index contributed by atoms with van der Waals surface area (Å²) in [6.45, 7) is 0. The number of rotatable bonds is 1. The van der Waals surface area contributed by atoms with Gasteiger partial charge in [0.05, 0.1) is 5.69 Å². The Bertz CT molecular complexity index is 314. The number of phenols is 1. The molecule has 0 aliphatic heterocycles. The van der Waals surface area contributed by atoms with Crippen molar-refractivity contribution in [3.05, 3.63) is 23.5 Å². The molecule has 4 N–H and O–H groups in total. The minimum atomic E-state index is -1.38. The molecule has 12 heavy (non-hydrogen) atoms. The van der Waals surface area contributed by atoms with Crippen molar-refractivity contribution in [2.24, 2.45) is 0 Å². The van der Waals surface area contributed by atoms with E-state index in [1.54, 1.807) is 0 Å². The number of hydrogen-bond acceptors (Lipinski definition) is 3. The highest BCUT2D eigenvalue weighted by Crippen LogP contribution is 2.24. The van der Waals surface area contributed by atoms with Crippen molar-refractivity contribution in [1.29, 1.82) is 0 Å². The normalized spacial score (nSPS) is 9.75. The topological polar surface area (TPSA) is 83.5 Å². The fourth-order valence-corrected chi connectivity index (χ4v) is 0.846. The average Bonchev–Trinajstić information content (AvgIpc) is 1.82. The van der Waals surface area contributed by atoms with E-state index < -0.39 is 23.1 Å². The van der Waals surface area contributed by atoms with Gasteiger partial charge in [-0.2, -0.15) is 0 Å². The van der Waals surface area contributed by atoms with Gasteiger partial charge in [-0.3, -0.25) is 0 Å². The number of nitrogen functional groups attached to an aromatic ring is 1. The number of hydrogen-bond donors (Lipinski definition) is 3. The second-order valence-corrected chi connectivity index (χ2v) is 2.19. The number of halogens is 1. The zero-order valence-corrected chi connectivity index (χ0v) is 5.91. The Labute approximate surface area is 67.1 Å². The van der Waals surface area contributed by atoms with E-state index in [4.69, 9.17) is 15.9 Å². The summed E-state index contributed by atoms with van der Waals surface area (Å²) in [5.41, 5.74) is 4.38. The molecule has 64 valence electrons. The maximum Gasteiger partial charge on any atom is 0.341 e. The number of benzene rings is 1. The zero-order chi connectivity index (χ0) is 9.30. The van der Waals surface area contributed by atoms with Gasteiger partial charge in [0.25, 0.3) is 0 Å². The van der Waals surface area contributed by atoms with Gasteiger partial charge in [-0.25, -0.2) is 9.18 Å². The van der Waals surface area contributed by atoms with Crippen molar-refractivity contribution in [2.45, 2.75) is 0 Å². The van der Waals surface area contributed by atoms with Gasteiger partial charge in [-0.05, 0) is 6.07 Å². The molecule has 1 rings (SSSR count). The molecule has 0 amide bonds. The molecule has 0 atom stereocenters. The minimum absolute atomic E-state index is 0.292. The van der Waals surface area contributed by atoms with Gasteiger partial charge in [0.2, 0.25) is 0 Å². The monoisotopic (exact) mass is 171 g/mol. The number of carbonyl (C=O) groups is 1. The molecule has 1 aromatic rings. The lowest BCUT2D eigenvalue weighted by Gasteiger charge is -2.02. The quantitative estimate of drug-likeness (QED) is 0.546. The van der Waals surface area contributed by atoms with Crippen LogP contribution >= 0.6 is 0 Å². The van der Waals surface area contributed by atoms with Crippen molar-refractivity contribution in [1.82, 2.24) is 0 Å². The highest BCUT2D eigenvalue weighted by atomic mass is 19.1. The molecule has 0 unspecified atom stereocenters. The number of anilines is 1. The second kappa shape index (κ2) is 2.69. The molecule has 0 aliphatic carbocycles. The van der Waals surface area contributed by atoms with Crippen molar-refractivity contribution in [3.8, 4) is 5.75 Å². The first-order valence-corrected chi connectivity index (χ1v) is 3.03. The third-order valence-electron chi connectivity index (χ3n) is 1.33. The number of carboxylic acid groups (broad SMARTS) is 1. The molecular formula is C7H6FNO3. The van der Waals surface area contributed by atoms with Crippen LogP contribution in [0.4, 0.5) is 10.1 Å². The lowest BCUT2D eigenvalue weighted by Crippen LogP contribution is -2.03. The summed E-state index contributed by atoms with van der Waals surface area (Å²) >= 11 is 0. The molecule has 4 nitrogen and oxygen atoms in total. The van der Waals surface area contributed by atoms with E-state index in [0.29, 0.717) is 6.07 Å². The summed E-state index contributed by atoms with van der Waals surface area (Å²) in [7, 11) is 0. The number of nitrogens with two attached hydrogens (primary N) is 1. The van der Waals surface area contributed by atoms with Gasteiger partial charge in [0.1, 0.15) is 17.1 Å². The summed E-state index contributed by atoms with van der Waals surface area (Å²) in [4.78, 5) is 10.4. The maximum atomic E-state index is 12.4. The Balaban J connectivity index is 3.38. The van der Waals surface area contributed by atoms with Crippen LogP contribution in [-0.4, -0.2) is 16.2 Å². The Morgan fingerprint density at radius 2 is 2.08 bits per heavy atom. The first-order valence-electron chi connectivity index (χ1n) is 3.03. The van der Waals surface area contributed by atoms with Gasteiger partial charge in [0, 0.05) is 6.07 Å². The van der Waals surface area contributed by atoms with E-state index in [1.165, 1.54) is 0 Å². The third-order valence-corrected chi connectivity index (χ3v) is 1.33. The molecular weight excluding hydrogens is 165 g/mol. The Hall–Kier alpha value is -1.78. The predicted molar refractivity (Wildman–Crippen MR) is 39.4 cm³/mol. The van der Waals surface area contributed by atoms with Crippen molar-refractivity contribution in [3.63, 3.8) is 0 Å². The smallest absolute Gasteiger partial charge is 0.341 e. The number of aromatic hydroxyl groups is 1. The van der Waals surface area contributed by atoms with E-state index in [0.717, 1.165) is 6.07 Å². The molecule has 0 bridgehead atoms. The van der Waals surface area contributed by atoms with Gasteiger partial charge in [-0.15, -0.1) is 0 Å². The van der Waals surface area contributed by atoms with Crippen molar-refractivity contribution in [2.75, 3.05) is 5.73 Å². The molecule has 1 aromatic carbocycles.